The molecule has 40 heavy (non-hydrogen) atoms. The average molecular weight is 649 g/mol. The van der Waals surface area contributed by atoms with Gasteiger partial charge in [0.1, 0.15) is 5.75 Å². The Balaban J connectivity index is -0.000000470. The number of allylic oxidation sites excluding steroid dienone is 4. The minimum atomic E-state index is -1.50. The molecule has 0 bridgehead atoms. The molecule has 3 aromatic carbocycles. The summed E-state index contributed by atoms with van der Waals surface area (Å²) in [5.41, 5.74) is 1.15. The van der Waals surface area contributed by atoms with E-state index in [-0.39, 0.29) is 24.8 Å². The molecular weight excluding hydrogens is 599 g/mol. The molecule has 1 N–H and O–H groups in total. The van der Waals surface area contributed by atoms with Crippen LogP contribution in [0.4, 0.5) is 0 Å². The van der Waals surface area contributed by atoms with Crippen LogP contribution in [0.1, 0.15) is 32.8 Å². The molecule has 0 saturated heterocycles. The third-order valence-corrected chi connectivity index (χ3v) is 13.8. The molecule has 0 heterocycles. The van der Waals surface area contributed by atoms with Crippen LogP contribution in [0.3, 0.4) is 0 Å². The van der Waals surface area contributed by atoms with Crippen molar-refractivity contribution in [3.8, 4) is 5.75 Å². The number of benzene rings is 3. The van der Waals surface area contributed by atoms with Gasteiger partial charge in [-0.05, 0) is 29.7 Å². The van der Waals surface area contributed by atoms with Crippen LogP contribution >= 0.6 is 24.8 Å². The fraction of sp³-hybridized carbons (Fsp3) is 0.324. The average Bonchev–Trinajstić information content (AvgIpc) is 3.44. The first-order valence-corrected chi connectivity index (χ1v) is 20.6. The quantitative estimate of drug-likeness (QED) is 0.217. The first-order valence-electron chi connectivity index (χ1n) is 13.0. The molecule has 0 radical (unpaired) electrons. The predicted octanol–water partition coefficient (Wildman–Crippen LogP) is 9.75. The molecule has 1 nitrogen and oxygen atoms in total. The number of hydrogen-bond acceptors (Lipinski definition) is 1. The van der Waals surface area contributed by atoms with Gasteiger partial charge in [0.25, 0.3) is 0 Å². The van der Waals surface area contributed by atoms with Crippen LogP contribution in [-0.4, -0.2) is 26.1 Å². The molecule has 0 aromatic heterocycles. The van der Waals surface area contributed by atoms with Crippen LogP contribution in [0.2, 0.25) is 37.8 Å². The number of aromatic hydroxyl groups is 1. The minimum absolute atomic E-state index is 0. The van der Waals surface area contributed by atoms with Crippen molar-refractivity contribution in [1.29, 1.82) is 0 Å². The summed E-state index contributed by atoms with van der Waals surface area (Å²) >= 11 is 1.75. The van der Waals surface area contributed by atoms with Gasteiger partial charge >= 0.3 is 24.8 Å². The van der Waals surface area contributed by atoms with Crippen LogP contribution in [0, 0.1) is 25.1 Å². The molecule has 1 aliphatic carbocycles. The third-order valence-electron chi connectivity index (χ3n) is 6.38. The number of rotatable bonds is 2. The Morgan fingerprint density at radius 2 is 1.23 bits per heavy atom. The molecule has 0 atom stereocenters. The summed E-state index contributed by atoms with van der Waals surface area (Å²) in [5, 5.41) is 12.8. The molecular formula is C34H49Cl2OSi2Ti-3. The molecule has 0 amide bonds. The van der Waals surface area contributed by atoms with Gasteiger partial charge in [0.2, 0.25) is 0 Å². The predicted molar refractivity (Wildman–Crippen MR) is 186 cm³/mol. The molecule has 1 aliphatic rings. The number of phenols is 1. The number of phenolic OH excluding ortho intramolecular Hbond substituents is 1. The van der Waals surface area contributed by atoms with Gasteiger partial charge in [-0.2, -0.15) is 78.9 Å². The zero-order valence-corrected chi connectivity index (χ0v) is 31.0. The smallest absolute Gasteiger partial charge is 0.171 e. The van der Waals surface area contributed by atoms with Crippen molar-refractivity contribution in [3.05, 3.63) is 120 Å². The van der Waals surface area contributed by atoms with Crippen molar-refractivity contribution in [2.75, 3.05) is 0 Å². The van der Waals surface area contributed by atoms with Crippen molar-refractivity contribution in [2.24, 2.45) is 0 Å². The van der Waals surface area contributed by atoms with E-state index in [1.165, 1.54) is 10.4 Å². The van der Waals surface area contributed by atoms with Gasteiger partial charge in [-0.15, -0.1) is 31.2 Å². The minimum Gasteiger partial charge on any atom is -0.184 e. The van der Waals surface area contributed by atoms with Gasteiger partial charge in [-0.3, -0.25) is 6.08 Å². The van der Waals surface area contributed by atoms with E-state index in [4.69, 9.17) is 0 Å². The van der Waals surface area contributed by atoms with Crippen molar-refractivity contribution in [3.63, 3.8) is 0 Å². The summed E-state index contributed by atoms with van der Waals surface area (Å²) < 4.78 is 0. The molecule has 4 rings (SSSR count). The van der Waals surface area contributed by atoms with Crippen LogP contribution in [0.25, 0.3) is 0 Å². The molecule has 3 aromatic rings. The summed E-state index contributed by atoms with van der Waals surface area (Å²) in [5.74, 6) is 0.398. The van der Waals surface area contributed by atoms with Crippen LogP contribution in [0.5, 0.6) is 5.75 Å². The van der Waals surface area contributed by atoms with E-state index in [2.05, 4.69) is 94.8 Å². The van der Waals surface area contributed by atoms with Gasteiger partial charge in [-0.25, -0.2) is 11.3 Å². The van der Waals surface area contributed by atoms with Gasteiger partial charge in [0, 0.05) is 8.07 Å². The number of aryl methyl sites for hydroxylation is 1. The fourth-order valence-corrected chi connectivity index (χ4v) is 6.37. The Hall–Kier alpha value is -1.46. The van der Waals surface area contributed by atoms with E-state index in [0.29, 0.717) is 10.8 Å². The van der Waals surface area contributed by atoms with Crippen molar-refractivity contribution in [1.82, 2.24) is 0 Å². The van der Waals surface area contributed by atoms with Crippen molar-refractivity contribution < 1.29 is 25.1 Å². The van der Waals surface area contributed by atoms with E-state index in [9.17, 15) is 5.11 Å². The topological polar surface area (TPSA) is 20.2 Å². The van der Waals surface area contributed by atoms with Gasteiger partial charge in [0.05, 0.1) is 8.07 Å². The van der Waals surface area contributed by atoms with Crippen LogP contribution in [0.15, 0.2) is 96.2 Å². The van der Waals surface area contributed by atoms with Crippen LogP contribution < -0.4 is 5.19 Å². The molecule has 0 fully saturated rings. The van der Waals surface area contributed by atoms with E-state index in [0.717, 1.165) is 12.0 Å². The first-order chi connectivity index (χ1) is 17.7. The Morgan fingerprint density at radius 1 is 0.775 bits per heavy atom. The molecule has 6 heteroatoms. The Labute approximate surface area is 272 Å². The monoisotopic (exact) mass is 647 g/mol. The van der Waals surface area contributed by atoms with Crippen LogP contribution in [-0.2, 0) is 20.0 Å². The summed E-state index contributed by atoms with van der Waals surface area (Å²) in [6, 6.07) is 31.0. The first kappa shape index (κ1) is 43.0. The third kappa shape index (κ3) is 18.1. The molecule has 0 spiro atoms. The zero-order valence-electron chi connectivity index (χ0n) is 25.8. The SMILES string of the molecule is C[Si](C)(C)C1=[C-]CC=C1.Cc1cc(O)cc([Si](C)(C)C(C)(C)C)c1.Cl.Cl.[CH2]=[Ti].[c-]1ccccc1.[c-]1ccccc1. The maximum atomic E-state index is 9.65. The maximum absolute atomic E-state index is 9.65. The van der Waals surface area contributed by atoms with Crippen molar-refractivity contribution >= 4 is 51.0 Å². The maximum Gasteiger partial charge on any atom is -0.171 e. The standard InChI is InChI=1S/C13H22OSi.C8H13Si.2C6H5.CH2.2ClH.Ti/c1-10-7-11(14)9-12(8-10)15(5,6)13(2,3)4;1-9(2,3)8-6-4-5-7-8;2*1-2-4-6-5-3-1;;;;/h7-9,14H,1-6H3;4,6H,5H2,1-3H3;2*1-5H;1H2;2*1H;/q;3*-1;;;;. The summed E-state index contributed by atoms with van der Waals surface area (Å²) in [6.07, 6.45) is 8.82. The van der Waals surface area contributed by atoms with Crippen molar-refractivity contribution in [2.45, 2.75) is 71.9 Å². The van der Waals surface area contributed by atoms with Gasteiger partial charge < -0.3 is 5.11 Å². The molecule has 220 valence electrons. The largest absolute Gasteiger partial charge is 0.184 e. The Kier molecular flexibility index (Phi) is 23.8. The second-order valence-electron chi connectivity index (χ2n) is 11.5. The molecule has 0 saturated carbocycles. The van der Waals surface area contributed by atoms with E-state index >= 15 is 0 Å². The molecule has 0 unspecified atom stereocenters. The zero-order chi connectivity index (χ0) is 29.2. The van der Waals surface area contributed by atoms with E-state index in [1.807, 2.05) is 79.7 Å². The van der Waals surface area contributed by atoms with E-state index < -0.39 is 16.1 Å². The molecule has 0 aliphatic heterocycles. The summed E-state index contributed by atoms with van der Waals surface area (Å²) in [4.78, 5) is 3.25. The second kappa shape index (κ2) is 22.2. The van der Waals surface area contributed by atoms with E-state index in [1.54, 1.807) is 20.0 Å². The Bertz CT molecular complexity index is 983. The fourth-order valence-electron chi connectivity index (χ4n) is 3.16. The van der Waals surface area contributed by atoms with Gasteiger partial charge in [-0.1, -0.05) is 64.8 Å². The number of hydrogen-bond donors (Lipinski definition) is 1. The Morgan fingerprint density at radius 3 is 1.45 bits per heavy atom. The normalized spacial score (nSPS) is 11.4. The van der Waals surface area contributed by atoms with Gasteiger partial charge in [0.15, 0.2) is 0 Å². The summed E-state index contributed by atoms with van der Waals surface area (Å²) in [6.45, 7) is 20.7. The number of halogens is 2. The second-order valence-corrected chi connectivity index (χ2v) is 21.9. The summed E-state index contributed by atoms with van der Waals surface area (Å²) in [7, 11) is -2.51.